The first kappa shape index (κ1) is 18.0. The third kappa shape index (κ3) is 5.73. The van der Waals surface area contributed by atoms with Crippen LogP contribution in [0, 0.1) is 0 Å². The van der Waals surface area contributed by atoms with Gasteiger partial charge in [0.2, 0.25) is 0 Å². The van der Waals surface area contributed by atoms with Gasteiger partial charge in [-0.3, -0.25) is 0 Å². The molecule has 0 spiro atoms. The zero-order valence-electron chi connectivity index (χ0n) is 14.3. The maximum Gasteiger partial charge on any atom is -0.0181 e. The van der Waals surface area contributed by atoms with Gasteiger partial charge < -0.3 is 0 Å². The summed E-state index contributed by atoms with van der Waals surface area (Å²) in [6.45, 7) is 8.35. The molecular weight excluding hydrogens is 264 g/mol. The Morgan fingerprint density at radius 1 is 0.545 bits per heavy atom. The molecule has 0 unspecified atom stereocenters. The highest BCUT2D eigenvalue weighted by molar-refractivity contribution is 5.82. The van der Waals surface area contributed by atoms with E-state index in [4.69, 9.17) is 0 Å². The summed E-state index contributed by atoms with van der Waals surface area (Å²) in [5.74, 6) is 0. The number of rotatable bonds is 2. The van der Waals surface area contributed by atoms with E-state index in [9.17, 15) is 0 Å². The van der Waals surface area contributed by atoms with Gasteiger partial charge in [0, 0.05) is 0 Å². The molecule has 0 radical (unpaired) electrons. The summed E-state index contributed by atoms with van der Waals surface area (Å²) in [4.78, 5) is 0. The monoisotopic (exact) mass is 292 g/mol. The van der Waals surface area contributed by atoms with Crippen LogP contribution < -0.4 is 0 Å². The van der Waals surface area contributed by atoms with Gasteiger partial charge in [-0.25, -0.2) is 0 Å². The number of hydrogen-bond donors (Lipinski definition) is 0. The lowest BCUT2D eigenvalue weighted by Crippen LogP contribution is -1.79. The lowest BCUT2D eigenvalue weighted by atomic mass is 10.1. The van der Waals surface area contributed by atoms with Crippen LogP contribution in [-0.2, 0) is 12.8 Å². The van der Waals surface area contributed by atoms with E-state index >= 15 is 0 Å². The maximum atomic E-state index is 2.26. The van der Waals surface area contributed by atoms with Crippen LogP contribution in [0.3, 0.4) is 0 Å². The second kappa shape index (κ2) is 10.6. The smallest absolute Gasteiger partial charge is 0.0181 e. The largest absolute Gasteiger partial charge is 0.0683 e. The summed E-state index contributed by atoms with van der Waals surface area (Å²) >= 11 is 0. The third-order valence-corrected chi connectivity index (χ3v) is 3.47. The van der Waals surface area contributed by atoms with Crippen LogP contribution in [0.2, 0.25) is 0 Å². The Morgan fingerprint density at radius 3 is 1.64 bits per heavy atom. The average Bonchev–Trinajstić information content (AvgIpc) is 2.64. The number of benzene rings is 3. The second-order valence-corrected chi connectivity index (χ2v) is 4.87. The van der Waals surface area contributed by atoms with Crippen LogP contribution >= 0.6 is 0 Å². The highest BCUT2D eigenvalue weighted by Gasteiger charge is 1.92. The first-order valence-electron chi connectivity index (χ1n) is 8.35. The highest BCUT2D eigenvalue weighted by Crippen LogP contribution is 2.15. The van der Waals surface area contributed by atoms with Gasteiger partial charge >= 0.3 is 0 Å². The minimum atomic E-state index is 1.12. The van der Waals surface area contributed by atoms with E-state index in [0.29, 0.717) is 0 Å². The highest BCUT2D eigenvalue weighted by atomic mass is 14.0. The summed E-state index contributed by atoms with van der Waals surface area (Å²) in [7, 11) is 0. The van der Waals surface area contributed by atoms with Gasteiger partial charge in [-0.1, -0.05) is 100 Å². The lowest BCUT2D eigenvalue weighted by molar-refractivity contribution is 1.14. The van der Waals surface area contributed by atoms with Gasteiger partial charge in [0.1, 0.15) is 0 Å². The molecule has 0 aliphatic heterocycles. The van der Waals surface area contributed by atoms with Crippen molar-refractivity contribution in [2.75, 3.05) is 0 Å². The molecule has 0 aliphatic rings. The standard InChI is InChI=1S/C12H12.C8H10.C2H6/c1-2-10-7-8-11-5-3-4-6-12(11)9-10;1-2-8-6-4-3-5-7-8;1-2/h3-9H,2H2,1H3;3-7H,2H2,1H3;1-2H3. The van der Waals surface area contributed by atoms with E-state index in [0.717, 1.165) is 12.8 Å². The molecule has 0 saturated heterocycles. The fourth-order valence-electron chi connectivity index (χ4n) is 2.17. The molecule has 3 rings (SSSR count). The molecule has 0 amide bonds. The Kier molecular flexibility index (Phi) is 8.67. The average molecular weight is 292 g/mol. The molecule has 0 fully saturated rings. The third-order valence-electron chi connectivity index (χ3n) is 3.47. The molecule has 0 bridgehead atoms. The van der Waals surface area contributed by atoms with Gasteiger partial charge in [0.15, 0.2) is 0 Å². The molecule has 0 heterocycles. The molecule has 22 heavy (non-hydrogen) atoms. The minimum Gasteiger partial charge on any atom is -0.0683 e. The molecule has 116 valence electrons. The molecular formula is C22H28. The summed E-state index contributed by atoms with van der Waals surface area (Å²) in [5, 5.41) is 2.67. The quantitative estimate of drug-likeness (QED) is 0.494. The molecule has 0 aromatic heterocycles. The van der Waals surface area contributed by atoms with Gasteiger partial charge in [-0.15, -0.1) is 0 Å². The van der Waals surface area contributed by atoms with E-state index in [2.05, 4.69) is 80.6 Å². The summed E-state index contributed by atoms with van der Waals surface area (Å²) in [5.41, 5.74) is 2.82. The Morgan fingerprint density at radius 2 is 1.09 bits per heavy atom. The molecule has 0 aliphatic carbocycles. The Labute approximate surface area is 135 Å². The van der Waals surface area contributed by atoms with Crippen molar-refractivity contribution < 1.29 is 0 Å². The topological polar surface area (TPSA) is 0 Å². The normalized spacial score (nSPS) is 9.27. The molecule has 0 heteroatoms. The zero-order chi connectivity index (χ0) is 16.2. The molecule has 0 saturated carbocycles. The van der Waals surface area contributed by atoms with Crippen molar-refractivity contribution in [1.29, 1.82) is 0 Å². The molecule has 0 N–H and O–H groups in total. The van der Waals surface area contributed by atoms with Crippen LogP contribution in [0.15, 0.2) is 72.8 Å². The summed E-state index contributed by atoms with van der Waals surface area (Å²) < 4.78 is 0. The first-order valence-corrected chi connectivity index (χ1v) is 8.35. The predicted molar refractivity (Wildman–Crippen MR) is 100 cm³/mol. The van der Waals surface area contributed by atoms with Gasteiger partial charge in [-0.05, 0) is 34.7 Å². The van der Waals surface area contributed by atoms with Gasteiger partial charge in [-0.2, -0.15) is 0 Å². The fraction of sp³-hybridized carbons (Fsp3) is 0.273. The lowest BCUT2D eigenvalue weighted by Gasteiger charge is -1.99. The van der Waals surface area contributed by atoms with Gasteiger partial charge in [0.25, 0.3) is 0 Å². The Hall–Kier alpha value is -2.08. The maximum absolute atomic E-state index is 2.26. The van der Waals surface area contributed by atoms with Crippen molar-refractivity contribution in [1.82, 2.24) is 0 Å². The first-order chi connectivity index (χ1) is 10.8. The molecule has 3 aromatic carbocycles. The van der Waals surface area contributed by atoms with Crippen molar-refractivity contribution >= 4 is 10.8 Å². The van der Waals surface area contributed by atoms with Crippen LogP contribution in [0.5, 0.6) is 0 Å². The zero-order valence-corrected chi connectivity index (χ0v) is 14.3. The van der Waals surface area contributed by atoms with Gasteiger partial charge in [0.05, 0.1) is 0 Å². The van der Waals surface area contributed by atoms with Crippen LogP contribution in [-0.4, -0.2) is 0 Å². The summed E-state index contributed by atoms with van der Waals surface area (Å²) in [6.07, 6.45) is 2.26. The van der Waals surface area contributed by atoms with Crippen LogP contribution in [0.1, 0.15) is 38.8 Å². The second-order valence-electron chi connectivity index (χ2n) is 4.87. The van der Waals surface area contributed by atoms with Crippen LogP contribution in [0.25, 0.3) is 10.8 Å². The Bertz CT molecular complexity index is 638. The molecule has 0 nitrogen and oxygen atoms in total. The number of hydrogen-bond acceptors (Lipinski definition) is 0. The van der Waals surface area contributed by atoms with E-state index in [1.807, 2.05) is 19.9 Å². The van der Waals surface area contributed by atoms with Crippen molar-refractivity contribution in [2.24, 2.45) is 0 Å². The van der Waals surface area contributed by atoms with Crippen molar-refractivity contribution in [3.05, 3.63) is 83.9 Å². The fourth-order valence-corrected chi connectivity index (χ4v) is 2.17. The van der Waals surface area contributed by atoms with Crippen molar-refractivity contribution in [3.63, 3.8) is 0 Å². The van der Waals surface area contributed by atoms with Crippen molar-refractivity contribution in [2.45, 2.75) is 40.5 Å². The van der Waals surface area contributed by atoms with E-state index in [1.165, 1.54) is 21.9 Å². The SMILES string of the molecule is CC.CCc1ccc2ccccc2c1.CCc1ccccc1. The van der Waals surface area contributed by atoms with Crippen LogP contribution in [0.4, 0.5) is 0 Å². The Balaban J connectivity index is 0.000000211. The molecule has 0 atom stereocenters. The van der Waals surface area contributed by atoms with E-state index in [1.54, 1.807) is 0 Å². The summed E-state index contributed by atoms with van der Waals surface area (Å²) in [6, 6.07) is 25.6. The molecule has 3 aromatic rings. The van der Waals surface area contributed by atoms with Crippen molar-refractivity contribution in [3.8, 4) is 0 Å². The number of aryl methyl sites for hydroxylation is 2. The van der Waals surface area contributed by atoms with E-state index < -0.39 is 0 Å². The minimum absolute atomic E-state index is 1.12. The number of fused-ring (bicyclic) bond motifs is 1. The predicted octanol–water partition coefficient (Wildman–Crippen LogP) is 6.68. The van der Waals surface area contributed by atoms with E-state index in [-0.39, 0.29) is 0 Å².